The predicted octanol–water partition coefficient (Wildman–Crippen LogP) is 3.47. The van der Waals surface area contributed by atoms with E-state index >= 15 is 0 Å². The molecule has 0 fully saturated rings. The van der Waals surface area contributed by atoms with Gasteiger partial charge in [0.15, 0.2) is 0 Å². The van der Waals surface area contributed by atoms with Crippen LogP contribution in [0.4, 0.5) is 0 Å². The maximum absolute atomic E-state index is 12.5. The van der Waals surface area contributed by atoms with Crippen molar-refractivity contribution in [1.29, 1.82) is 0 Å². The summed E-state index contributed by atoms with van der Waals surface area (Å²) in [6.45, 7) is 3.34. The van der Waals surface area contributed by atoms with Crippen molar-refractivity contribution >= 4 is 28.6 Å². The number of nitrogens with two attached hydrogens (primary N) is 1. The fraction of sp³-hybridized carbons (Fsp3) is 0.400. The minimum Gasteiger partial charge on any atom is -0.331 e. The molecule has 0 aliphatic carbocycles. The number of hydrogen-bond donors (Lipinski definition) is 1. The lowest BCUT2D eigenvalue weighted by Crippen LogP contribution is -2.42. The Morgan fingerprint density at radius 2 is 1.75 bits per heavy atom. The van der Waals surface area contributed by atoms with Crippen molar-refractivity contribution in [3.63, 3.8) is 0 Å². The molecule has 20 heavy (non-hydrogen) atoms. The van der Waals surface area contributed by atoms with Gasteiger partial charge in [0, 0.05) is 9.75 Å². The van der Waals surface area contributed by atoms with Gasteiger partial charge in [-0.25, -0.2) is 0 Å². The highest BCUT2D eigenvalue weighted by Gasteiger charge is 2.21. The molecule has 0 saturated heterocycles. The van der Waals surface area contributed by atoms with Gasteiger partial charge >= 0.3 is 0 Å². The average molecular weight is 308 g/mol. The second-order valence-corrected chi connectivity index (χ2v) is 6.81. The molecule has 108 valence electrons. The number of carbonyl (C=O) groups excluding carboxylic acids is 1. The fourth-order valence-electron chi connectivity index (χ4n) is 2.06. The second-order valence-electron chi connectivity index (χ2n) is 4.75. The third kappa shape index (κ3) is 4.16. The molecule has 2 aromatic heterocycles. The Morgan fingerprint density at radius 3 is 2.15 bits per heavy atom. The van der Waals surface area contributed by atoms with Gasteiger partial charge in [-0.1, -0.05) is 25.5 Å². The van der Waals surface area contributed by atoms with E-state index in [0.29, 0.717) is 13.1 Å². The summed E-state index contributed by atoms with van der Waals surface area (Å²) in [5, 5.41) is 4.07. The van der Waals surface area contributed by atoms with Gasteiger partial charge in [-0.2, -0.15) is 0 Å². The molecule has 1 atom stereocenters. The van der Waals surface area contributed by atoms with E-state index < -0.39 is 0 Å². The fourth-order valence-corrected chi connectivity index (χ4v) is 3.50. The quantitative estimate of drug-likeness (QED) is 0.851. The highest BCUT2D eigenvalue weighted by molar-refractivity contribution is 7.10. The van der Waals surface area contributed by atoms with E-state index in [2.05, 4.69) is 19.1 Å². The normalized spacial score (nSPS) is 12.3. The molecule has 2 aromatic rings. The molecule has 1 amide bonds. The van der Waals surface area contributed by atoms with Crippen LogP contribution in [0.5, 0.6) is 0 Å². The summed E-state index contributed by atoms with van der Waals surface area (Å²) in [6.07, 6.45) is 1.67. The Labute approximate surface area is 128 Å². The first-order chi connectivity index (χ1) is 9.70. The first kappa shape index (κ1) is 15.2. The van der Waals surface area contributed by atoms with Gasteiger partial charge in [-0.05, 0) is 29.3 Å². The van der Waals surface area contributed by atoms with Crippen molar-refractivity contribution in [3.8, 4) is 0 Å². The molecule has 5 heteroatoms. The van der Waals surface area contributed by atoms with Gasteiger partial charge in [-0.15, -0.1) is 22.7 Å². The lowest BCUT2D eigenvalue weighted by atomic mass is 10.1. The Balaban J connectivity index is 2.08. The summed E-state index contributed by atoms with van der Waals surface area (Å²) in [6, 6.07) is 7.76. The molecule has 0 spiro atoms. The molecule has 2 N–H and O–H groups in total. The van der Waals surface area contributed by atoms with Crippen molar-refractivity contribution < 1.29 is 4.79 Å². The van der Waals surface area contributed by atoms with Gasteiger partial charge in [0.05, 0.1) is 19.1 Å². The van der Waals surface area contributed by atoms with Gasteiger partial charge in [0.25, 0.3) is 0 Å². The summed E-state index contributed by atoms with van der Waals surface area (Å²) in [4.78, 5) is 16.8. The number of thiophene rings is 2. The minimum atomic E-state index is -0.389. The van der Waals surface area contributed by atoms with E-state index in [1.54, 1.807) is 22.7 Å². The number of nitrogens with zero attached hydrogens (tertiary/aromatic N) is 1. The highest BCUT2D eigenvalue weighted by Crippen LogP contribution is 2.18. The topological polar surface area (TPSA) is 46.3 Å². The van der Waals surface area contributed by atoms with Crippen LogP contribution in [0.2, 0.25) is 0 Å². The first-order valence-electron chi connectivity index (χ1n) is 6.79. The molecule has 0 aliphatic rings. The summed E-state index contributed by atoms with van der Waals surface area (Å²) >= 11 is 3.35. The molecular weight excluding hydrogens is 288 g/mol. The molecule has 3 nitrogen and oxygen atoms in total. The number of rotatable bonds is 7. The van der Waals surface area contributed by atoms with Gasteiger partial charge in [0.1, 0.15) is 0 Å². The Bertz CT molecular complexity index is 472. The van der Waals surface area contributed by atoms with Gasteiger partial charge in [0.2, 0.25) is 5.91 Å². The monoisotopic (exact) mass is 308 g/mol. The first-order valence-corrected chi connectivity index (χ1v) is 8.55. The lowest BCUT2D eigenvalue weighted by Gasteiger charge is -2.24. The maximum Gasteiger partial charge on any atom is 0.240 e. The van der Waals surface area contributed by atoms with Gasteiger partial charge in [-0.3, -0.25) is 4.79 Å². The third-order valence-electron chi connectivity index (χ3n) is 3.08. The van der Waals surface area contributed by atoms with Crippen LogP contribution in [0.15, 0.2) is 35.0 Å². The van der Waals surface area contributed by atoms with Crippen LogP contribution in [0, 0.1) is 0 Å². The zero-order valence-electron chi connectivity index (χ0n) is 11.6. The zero-order chi connectivity index (χ0) is 14.4. The predicted molar refractivity (Wildman–Crippen MR) is 85.8 cm³/mol. The van der Waals surface area contributed by atoms with Crippen LogP contribution in [0.3, 0.4) is 0 Å². The van der Waals surface area contributed by atoms with E-state index in [1.165, 1.54) is 9.75 Å². The zero-order valence-corrected chi connectivity index (χ0v) is 13.3. The lowest BCUT2D eigenvalue weighted by molar-refractivity contribution is -0.133. The van der Waals surface area contributed by atoms with E-state index in [1.807, 2.05) is 27.8 Å². The Hall–Kier alpha value is -1.17. The van der Waals surface area contributed by atoms with Crippen LogP contribution >= 0.6 is 22.7 Å². The maximum atomic E-state index is 12.5. The van der Waals surface area contributed by atoms with Crippen molar-refractivity contribution in [2.24, 2.45) is 5.73 Å². The van der Waals surface area contributed by atoms with Crippen molar-refractivity contribution in [2.75, 3.05) is 0 Å². The molecule has 0 unspecified atom stereocenters. The highest BCUT2D eigenvalue weighted by atomic mass is 32.1. The van der Waals surface area contributed by atoms with Crippen molar-refractivity contribution in [3.05, 3.63) is 44.8 Å². The SMILES string of the molecule is CCC[C@H](N)C(=O)N(Cc1cccs1)Cc1cccs1. The molecule has 0 aliphatic heterocycles. The molecule has 0 radical (unpaired) electrons. The molecular formula is C15H20N2OS2. The number of amides is 1. The van der Waals surface area contributed by atoms with E-state index in [-0.39, 0.29) is 11.9 Å². The summed E-state index contributed by atoms with van der Waals surface area (Å²) in [7, 11) is 0. The molecule has 2 heterocycles. The van der Waals surface area contributed by atoms with Crippen LogP contribution in [0.1, 0.15) is 29.5 Å². The Morgan fingerprint density at radius 1 is 1.20 bits per heavy atom. The summed E-state index contributed by atoms with van der Waals surface area (Å²) in [5.41, 5.74) is 6.00. The van der Waals surface area contributed by atoms with E-state index in [4.69, 9.17) is 5.73 Å². The van der Waals surface area contributed by atoms with Crippen molar-refractivity contribution in [2.45, 2.75) is 38.9 Å². The molecule has 0 aromatic carbocycles. The third-order valence-corrected chi connectivity index (χ3v) is 4.80. The van der Waals surface area contributed by atoms with Crippen molar-refractivity contribution in [1.82, 2.24) is 4.90 Å². The minimum absolute atomic E-state index is 0.0497. The van der Waals surface area contributed by atoms with E-state index in [0.717, 1.165) is 12.8 Å². The van der Waals surface area contributed by atoms with Crippen LogP contribution in [-0.4, -0.2) is 16.8 Å². The molecule has 0 bridgehead atoms. The number of carbonyl (C=O) groups is 1. The van der Waals surface area contributed by atoms with Crippen LogP contribution in [0.25, 0.3) is 0 Å². The molecule has 0 saturated carbocycles. The van der Waals surface area contributed by atoms with Crippen LogP contribution in [-0.2, 0) is 17.9 Å². The smallest absolute Gasteiger partial charge is 0.240 e. The number of hydrogen-bond acceptors (Lipinski definition) is 4. The second kappa shape index (κ2) is 7.57. The Kier molecular flexibility index (Phi) is 5.76. The summed E-state index contributed by atoms with van der Waals surface area (Å²) < 4.78 is 0. The average Bonchev–Trinajstić information content (AvgIpc) is 3.10. The van der Waals surface area contributed by atoms with Gasteiger partial charge < -0.3 is 10.6 Å². The largest absolute Gasteiger partial charge is 0.331 e. The standard InChI is InChI=1S/C15H20N2OS2/c1-2-5-14(16)15(18)17(10-12-6-3-8-19-12)11-13-7-4-9-20-13/h3-4,6-9,14H,2,5,10-11,16H2,1H3/t14-/m0/s1. The van der Waals surface area contributed by atoms with E-state index in [9.17, 15) is 4.79 Å². The molecule has 2 rings (SSSR count). The van der Waals surface area contributed by atoms with Crippen LogP contribution < -0.4 is 5.73 Å². The summed E-state index contributed by atoms with van der Waals surface area (Å²) in [5.74, 6) is 0.0497.